The summed E-state index contributed by atoms with van der Waals surface area (Å²) in [6.07, 6.45) is 2.41. The van der Waals surface area contributed by atoms with Crippen LogP contribution in [0.1, 0.15) is 72.9 Å². The number of aliphatic hydroxyl groups is 1. The van der Waals surface area contributed by atoms with E-state index < -0.39 is 11.6 Å². The van der Waals surface area contributed by atoms with Gasteiger partial charge in [0.1, 0.15) is 23.4 Å². The Morgan fingerprint density at radius 3 is 2.53 bits per heavy atom. The first kappa shape index (κ1) is 26.1. The molecule has 2 aliphatic rings. The molecule has 6 nitrogen and oxygen atoms in total. The number of fused-ring (bicyclic) bond motifs is 2. The molecule has 3 aromatic rings. The maximum atomic E-state index is 11.1. The molecular weight excluding hydrogens is 480 g/mol. The summed E-state index contributed by atoms with van der Waals surface area (Å²) in [6, 6.07) is 16.4. The third-order valence-electron chi connectivity index (χ3n) is 7.54. The SMILES string of the molecule is Cc1cc(OCCC(C)(C)O)cc(C)c1-c1cccc2c1CC[C@H]2Oc1ccc2c(c1)OC[C@H]2CC(=O)O. The Bertz CT molecular complexity index is 1330. The Kier molecular flexibility index (Phi) is 7.10. The molecule has 0 aromatic heterocycles. The van der Waals surface area contributed by atoms with Gasteiger partial charge >= 0.3 is 5.97 Å². The lowest BCUT2D eigenvalue weighted by atomic mass is 9.90. The van der Waals surface area contributed by atoms with Crippen LogP contribution in [-0.2, 0) is 11.2 Å². The summed E-state index contributed by atoms with van der Waals surface area (Å²) >= 11 is 0. The minimum absolute atomic E-state index is 0.0516. The molecule has 1 aliphatic carbocycles. The normalized spacial score (nSPS) is 18.0. The smallest absolute Gasteiger partial charge is 0.304 e. The summed E-state index contributed by atoms with van der Waals surface area (Å²) in [5, 5.41) is 19.1. The molecule has 0 amide bonds. The molecule has 1 aliphatic heterocycles. The van der Waals surface area contributed by atoms with Gasteiger partial charge in [0, 0.05) is 24.0 Å². The van der Waals surface area contributed by atoms with Gasteiger partial charge in [0.2, 0.25) is 0 Å². The third-order valence-corrected chi connectivity index (χ3v) is 7.54. The van der Waals surface area contributed by atoms with Gasteiger partial charge in [-0.15, -0.1) is 0 Å². The Morgan fingerprint density at radius 2 is 1.82 bits per heavy atom. The van der Waals surface area contributed by atoms with E-state index in [9.17, 15) is 9.90 Å². The van der Waals surface area contributed by atoms with E-state index in [2.05, 4.69) is 44.2 Å². The maximum Gasteiger partial charge on any atom is 0.304 e. The summed E-state index contributed by atoms with van der Waals surface area (Å²) in [7, 11) is 0. The molecule has 6 heteroatoms. The van der Waals surface area contributed by atoms with Crippen LogP contribution in [0.2, 0.25) is 0 Å². The fourth-order valence-corrected chi connectivity index (χ4v) is 5.70. The second-order valence-electron chi connectivity index (χ2n) is 11.2. The van der Waals surface area contributed by atoms with Crippen molar-refractivity contribution in [2.24, 2.45) is 0 Å². The van der Waals surface area contributed by atoms with E-state index in [0.717, 1.165) is 46.8 Å². The van der Waals surface area contributed by atoms with Crippen molar-refractivity contribution in [1.82, 2.24) is 0 Å². The van der Waals surface area contributed by atoms with E-state index in [1.807, 2.05) is 18.2 Å². The average molecular weight is 517 g/mol. The Morgan fingerprint density at radius 1 is 1.05 bits per heavy atom. The quantitative estimate of drug-likeness (QED) is 0.336. The van der Waals surface area contributed by atoms with Crippen molar-refractivity contribution in [3.8, 4) is 28.4 Å². The lowest BCUT2D eigenvalue weighted by molar-refractivity contribution is -0.137. The molecule has 0 spiro atoms. The molecule has 2 atom stereocenters. The number of carboxylic acids is 1. The van der Waals surface area contributed by atoms with Crippen molar-refractivity contribution in [3.05, 3.63) is 76.3 Å². The zero-order chi connectivity index (χ0) is 27.0. The number of carbonyl (C=O) groups is 1. The van der Waals surface area contributed by atoms with Crippen LogP contribution in [0.15, 0.2) is 48.5 Å². The summed E-state index contributed by atoms with van der Waals surface area (Å²) < 4.78 is 18.2. The van der Waals surface area contributed by atoms with Crippen molar-refractivity contribution in [1.29, 1.82) is 0 Å². The van der Waals surface area contributed by atoms with E-state index in [1.54, 1.807) is 13.8 Å². The van der Waals surface area contributed by atoms with Crippen LogP contribution in [0.5, 0.6) is 17.2 Å². The molecular formula is C32H36O6. The summed E-state index contributed by atoms with van der Waals surface area (Å²) in [5.41, 5.74) is 7.50. The zero-order valence-electron chi connectivity index (χ0n) is 22.5. The second kappa shape index (κ2) is 10.3. The van der Waals surface area contributed by atoms with E-state index in [1.165, 1.54) is 22.3 Å². The van der Waals surface area contributed by atoms with Gasteiger partial charge < -0.3 is 24.4 Å². The fraction of sp³-hybridized carbons (Fsp3) is 0.406. The molecule has 0 saturated carbocycles. The van der Waals surface area contributed by atoms with Gasteiger partial charge in [-0.05, 0) is 92.1 Å². The maximum absolute atomic E-state index is 11.1. The van der Waals surface area contributed by atoms with E-state index >= 15 is 0 Å². The second-order valence-corrected chi connectivity index (χ2v) is 11.2. The van der Waals surface area contributed by atoms with Crippen LogP contribution in [0, 0.1) is 13.8 Å². The lowest BCUT2D eigenvalue weighted by Crippen LogP contribution is -2.21. The molecule has 3 aromatic carbocycles. The first-order valence-electron chi connectivity index (χ1n) is 13.3. The van der Waals surface area contributed by atoms with E-state index in [-0.39, 0.29) is 18.4 Å². The topological polar surface area (TPSA) is 85.2 Å². The van der Waals surface area contributed by atoms with Gasteiger partial charge in [-0.1, -0.05) is 24.3 Å². The molecule has 5 rings (SSSR count). The van der Waals surface area contributed by atoms with Gasteiger partial charge in [-0.3, -0.25) is 4.79 Å². The van der Waals surface area contributed by atoms with Crippen LogP contribution in [0.3, 0.4) is 0 Å². The number of carboxylic acid groups (broad SMARTS) is 1. The molecule has 0 bridgehead atoms. The molecule has 0 unspecified atom stereocenters. The molecule has 200 valence electrons. The van der Waals surface area contributed by atoms with Crippen molar-refractivity contribution < 1.29 is 29.2 Å². The number of aryl methyl sites for hydroxylation is 2. The summed E-state index contributed by atoms with van der Waals surface area (Å²) in [6.45, 7) is 8.68. The minimum atomic E-state index is -0.816. The van der Waals surface area contributed by atoms with Crippen LogP contribution in [-0.4, -0.2) is 35.0 Å². The summed E-state index contributed by atoms with van der Waals surface area (Å²) in [4.78, 5) is 11.1. The Labute approximate surface area is 224 Å². The standard InChI is InChI=1S/C32H36O6/c1-19-14-23(36-13-12-32(3,4)35)15-20(2)31(19)27-7-5-6-26-25(27)10-11-28(26)38-22-8-9-24-21(16-30(33)34)18-37-29(24)17-22/h5-9,14-15,17,21,28,35H,10-13,16,18H2,1-4H3,(H,33,34)/t21-,28-/m1/s1. The van der Waals surface area contributed by atoms with Gasteiger partial charge in [0.15, 0.2) is 0 Å². The number of ether oxygens (including phenoxy) is 3. The van der Waals surface area contributed by atoms with Crippen LogP contribution < -0.4 is 14.2 Å². The number of aliphatic carboxylic acids is 1. The Hall–Kier alpha value is -3.51. The number of hydrogen-bond acceptors (Lipinski definition) is 5. The zero-order valence-corrected chi connectivity index (χ0v) is 22.5. The van der Waals surface area contributed by atoms with Gasteiger partial charge in [0.05, 0.1) is 25.2 Å². The molecule has 2 N–H and O–H groups in total. The molecule has 1 heterocycles. The van der Waals surface area contributed by atoms with Crippen molar-refractivity contribution in [3.63, 3.8) is 0 Å². The number of benzene rings is 3. The monoisotopic (exact) mass is 516 g/mol. The first-order chi connectivity index (χ1) is 18.1. The van der Waals surface area contributed by atoms with Crippen molar-refractivity contribution in [2.75, 3.05) is 13.2 Å². The average Bonchev–Trinajstić information content (AvgIpc) is 3.42. The molecule has 0 saturated heterocycles. The van der Waals surface area contributed by atoms with E-state index in [0.29, 0.717) is 19.6 Å². The lowest BCUT2D eigenvalue weighted by Gasteiger charge is -2.20. The van der Waals surface area contributed by atoms with Crippen molar-refractivity contribution in [2.45, 2.75) is 71.0 Å². The largest absolute Gasteiger partial charge is 0.493 e. The highest BCUT2D eigenvalue weighted by Crippen LogP contribution is 2.44. The summed E-state index contributed by atoms with van der Waals surface area (Å²) in [5.74, 6) is 1.35. The van der Waals surface area contributed by atoms with Gasteiger partial charge in [0.25, 0.3) is 0 Å². The molecule has 0 fully saturated rings. The highest BCUT2D eigenvalue weighted by Gasteiger charge is 2.30. The third kappa shape index (κ3) is 5.51. The number of rotatable bonds is 9. The van der Waals surface area contributed by atoms with Gasteiger partial charge in [-0.2, -0.15) is 0 Å². The molecule has 38 heavy (non-hydrogen) atoms. The molecule has 0 radical (unpaired) electrons. The van der Waals surface area contributed by atoms with E-state index in [4.69, 9.17) is 19.3 Å². The van der Waals surface area contributed by atoms with Crippen LogP contribution in [0.4, 0.5) is 0 Å². The highest BCUT2D eigenvalue weighted by atomic mass is 16.5. The fourth-order valence-electron chi connectivity index (χ4n) is 5.70. The van der Waals surface area contributed by atoms with Crippen molar-refractivity contribution >= 4 is 5.97 Å². The van der Waals surface area contributed by atoms with Gasteiger partial charge in [-0.25, -0.2) is 0 Å². The predicted molar refractivity (Wildman–Crippen MR) is 146 cm³/mol. The first-order valence-corrected chi connectivity index (χ1v) is 13.3. The predicted octanol–water partition coefficient (Wildman–Crippen LogP) is 6.53. The number of hydrogen-bond donors (Lipinski definition) is 2. The minimum Gasteiger partial charge on any atom is -0.493 e. The van der Waals surface area contributed by atoms with Crippen LogP contribution >= 0.6 is 0 Å². The Balaban J connectivity index is 1.35. The highest BCUT2D eigenvalue weighted by molar-refractivity contribution is 5.76. The van der Waals surface area contributed by atoms with Crippen LogP contribution in [0.25, 0.3) is 11.1 Å².